The number of fused-ring (bicyclic) bond motifs is 1. The highest BCUT2D eigenvalue weighted by molar-refractivity contribution is 5.77. The Balaban J connectivity index is 1.54. The number of nitrogens with zero attached hydrogens (tertiary/aromatic N) is 7. The molecule has 1 aromatic carbocycles. The number of anilines is 3. The van der Waals surface area contributed by atoms with Gasteiger partial charge in [0.15, 0.2) is 5.65 Å². The summed E-state index contributed by atoms with van der Waals surface area (Å²) < 4.78 is 4.94. The van der Waals surface area contributed by atoms with Crippen LogP contribution in [0.25, 0.3) is 16.7 Å². The average molecular weight is 529 g/mol. The zero-order valence-electron chi connectivity index (χ0n) is 23.3. The topological polar surface area (TPSA) is 93.2 Å². The molecular formula is C29H36N8O2. The van der Waals surface area contributed by atoms with Crippen LogP contribution in [0.4, 0.5) is 17.3 Å². The first-order chi connectivity index (χ1) is 18.6. The first-order valence-corrected chi connectivity index (χ1v) is 13.2. The second-order valence-corrected chi connectivity index (χ2v) is 11.1. The molecule has 0 saturated carbocycles. The van der Waals surface area contributed by atoms with E-state index in [1.54, 1.807) is 38.5 Å². The van der Waals surface area contributed by atoms with Gasteiger partial charge in [0.1, 0.15) is 5.39 Å². The lowest BCUT2D eigenvalue weighted by Gasteiger charge is -2.35. The average Bonchev–Trinajstić information content (AvgIpc) is 3.15. The molecule has 39 heavy (non-hydrogen) atoms. The fraction of sp³-hybridized carbons (Fsp3) is 0.379. The van der Waals surface area contributed by atoms with E-state index in [0.717, 1.165) is 31.9 Å². The Hall–Kier alpha value is -4.18. The molecule has 5 rings (SSSR count). The summed E-state index contributed by atoms with van der Waals surface area (Å²) in [5.41, 5.74) is 3.59. The first kappa shape index (κ1) is 26.4. The van der Waals surface area contributed by atoms with E-state index < -0.39 is 5.54 Å². The Bertz CT molecular complexity index is 1650. The highest BCUT2D eigenvalue weighted by atomic mass is 16.1. The summed E-state index contributed by atoms with van der Waals surface area (Å²) in [6.45, 7) is 16.2. The number of pyridine rings is 1. The van der Waals surface area contributed by atoms with Crippen molar-refractivity contribution in [2.75, 3.05) is 43.4 Å². The Morgan fingerprint density at radius 2 is 1.82 bits per heavy atom. The zero-order chi connectivity index (χ0) is 27.9. The van der Waals surface area contributed by atoms with Crippen molar-refractivity contribution in [2.45, 2.75) is 39.8 Å². The number of hydrogen-bond donors (Lipinski definition) is 1. The zero-order valence-corrected chi connectivity index (χ0v) is 23.3. The maximum atomic E-state index is 13.3. The predicted octanol–water partition coefficient (Wildman–Crippen LogP) is 3.49. The number of benzene rings is 1. The molecule has 10 heteroatoms. The minimum absolute atomic E-state index is 0.118. The molecular weight excluding hydrogens is 492 g/mol. The molecule has 4 aromatic rings. The number of nitrogens with one attached hydrogen (secondary N) is 1. The van der Waals surface area contributed by atoms with Crippen LogP contribution in [-0.2, 0) is 12.1 Å². The van der Waals surface area contributed by atoms with Crippen molar-refractivity contribution in [1.29, 1.82) is 0 Å². The summed E-state index contributed by atoms with van der Waals surface area (Å²) in [7, 11) is 2.15. The molecule has 10 nitrogen and oxygen atoms in total. The fourth-order valence-electron chi connectivity index (χ4n) is 5.03. The molecule has 0 unspecified atom stereocenters. The molecule has 204 valence electrons. The minimum atomic E-state index is -0.435. The Morgan fingerprint density at radius 1 is 1.08 bits per heavy atom. The molecule has 0 atom stereocenters. The van der Waals surface area contributed by atoms with E-state index in [9.17, 15) is 9.59 Å². The molecule has 4 heterocycles. The normalized spacial score (nSPS) is 14.6. The van der Waals surface area contributed by atoms with Crippen LogP contribution in [-0.4, -0.2) is 62.0 Å². The summed E-state index contributed by atoms with van der Waals surface area (Å²) in [6, 6.07) is 9.48. The largest absolute Gasteiger partial charge is 0.369 e. The molecule has 1 N–H and O–H groups in total. The molecule has 1 saturated heterocycles. The smallest absolute Gasteiger partial charge is 0.278 e. The van der Waals surface area contributed by atoms with Gasteiger partial charge in [0.05, 0.1) is 12.2 Å². The van der Waals surface area contributed by atoms with E-state index in [2.05, 4.69) is 52.8 Å². The maximum Gasteiger partial charge on any atom is 0.278 e. The number of hydrogen-bond acceptors (Lipinski definition) is 7. The molecule has 0 aliphatic carbocycles. The van der Waals surface area contributed by atoms with Gasteiger partial charge in [-0.1, -0.05) is 6.08 Å². The van der Waals surface area contributed by atoms with Crippen molar-refractivity contribution in [1.82, 2.24) is 28.8 Å². The van der Waals surface area contributed by atoms with Crippen LogP contribution in [0.15, 0.2) is 65.0 Å². The van der Waals surface area contributed by atoms with Gasteiger partial charge >= 0.3 is 0 Å². The Morgan fingerprint density at radius 3 is 2.49 bits per heavy atom. The van der Waals surface area contributed by atoms with Crippen LogP contribution in [0.3, 0.4) is 0 Å². The fourth-order valence-corrected chi connectivity index (χ4v) is 5.03. The van der Waals surface area contributed by atoms with E-state index in [0.29, 0.717) is 22.7 Å². The second kappa shape index (κ2) is 10.2. The molecule has 0 spiro atoms. The van der Waals surface area contributed by atoms with Crippen LogP contribution in [0.2, 0.25) is 0 Å². The van der Waals surface area contributed by atoms with Crippen molar-refractivity contribution in [3.8, 4) is 5.69 Å². The number of piperazine rings is 1. The third kappa shape index (κ3) is 5.12. The quantitative estimate of drug-likeness (QED) is 0.383. The molecule has 0 radical (unpaired) electrons. The van der Waals surface area contributed by atoms with Gasteiger partial charge in [-0.3, -0.25) is 9.59 Å². The third-order valence-corrected chi connectivity index (χ3v) is 7.14. The summed E-state index contributed by atoms with van der Waals surface area (Å²) in [5, 5.41) is 3.70. The van der Waals surface area contributed by atoms with Crippen molar-refractivity contribution < 1.29 is 0 Å². The van der Waals surface area contributed by atoms with Gasteiger partial charge in [-0.15, -0.1) is 6.58 Å². The van der Waals surface area contributed by atoms with Crippen molar-refractivity contribution in [2.24, 2.45) is 0 Å². The standard InChI is InChI=1S/C29H36N8O2/c1-7-12-36-27(39)23-18-30-28(31-21-8-10-24(20(2)17-21)34-15-13-33(6)14-16-34)32-26(23)37(36)22-9-11-25(38)35(19-22)29(3,4)5/h7-11,17-19H,1,12-16H2,2-6H3,(H,30,31,32). The summed E-state index contributed by atoms with van der Waals surface area (Å²) in [6.07, 6.45) is 4.97. The minimum Gasteiger partial charge on any atom is -0.369 e. The highest BCUT2D eigenvalue weighted by Crippen LogP contribution is 2.26. The monoisotopic (exact) mass is 528 g/mol. The third-order valence-electron chi connectivity index (χ3n) is 7.14. The van der Waals surface area contributed by atoms with Gasteiger partial charge in [0.25, 0.3) is 11.1 Å². The summed E-state index contributed by atoms with van der Waals surface area (Å²) in [4.78, 5) is 39.8. The van der Waals surface area contributed by atoms with Crippen LogP contribution in [0.1, 0.15) is 26.3 Å². The van der Waals surface area contributed by atoms with Gasteiger partial charge < -0.3 is 19.7 Å². The second-order valence-electron chi connectivity index (χ2n) is 11.1. The molecule has 1 aliphatic rings. The van der Waals surface area contributed by atoms with Gasteiger partial charge in [-0.25, -0.2) is 14.3 Å². The van der Waals surface area contributed by atoms with E-state index in [-0.39, 0.29) is 17.7 Å². The van der Waals surface area contributed by atoms with Gasteiger partial charge in [-0.2, -0.15) is 4.98 Å². The summed E-state index contributed by atoms with van der Waals surface area (Å²) in [5.74, 6) is 0.378. The SMILES string of the molecule is C=CCn1c(=O)c2cnc(Nc3ccc(N4CCN(C)CC4)c(C)c3)nc2n1-c1ccc(=O)n(C(C)(C)C)c1. The van der Waals surface area contributed by atoms with E-state index in [4.69, 9.17) is 4.98 Å². The van der Waals surface area contributed by atoms with Crippen LogP contribution < -0.4 is 21.3 Å². The number of rotatable bonds is 6. The Labute approximate surface area is 227 Å². The van der Waals surface area contributed by atoms with Crippen LogP contribution in [0.5, 0.6) is 0 Å². The highest BCUT2D eigenvalue weighted by Gasteiger charge is 2.21. The van der Waals surface area contributed by atoms with Crippen molar-refractivity contribution in [3.05, 3.63) is 81.7 Å². The number of aromatic nitrogens is 5. The Kier molecular flexibility index (Phi) is 6.90. The van der Waals surface area contributed by atoms with Gasteiger partial charge in [0, 0.05) is 61.6 Å². The summed E-state index contributed by atoms with van der Waals surface area (Å²) >= 11 is 0. The lowest BCUT2D eigenvalue weighted by molar-refractivity contribution is 0.312. The number of aryl methyl sites for hydroxylation is 1. The lowest BCUT2D eigenvalue weighted by atomic mass is 10.1. The van der Waals surface area contributed by atoms with Crippen LogP contribution >= 0.6 is 0 Å². The molecule has 3 aromatic heterocycles. The van der Waals surface area contributed by atoms with E-state index in [1.807, 2.05) is 26.8 Å². The molecule has 1 aliphatic heterocycles. The molecule has 0 bridgehead atoms. The van der Waals surface area contributed by atoms with E-state index in [1.165, 1.54) is 17.3 Å². The maximum absolute atomic E-state index is 13.3. The number of allylic oxidation sites excluding steroid dienone is 1. The predicted molar refractivity (Wildman–Crippen MR) is 157 cm³/mol. The molecule has 0 amide bonds. The van der Waals surface area contributed by atoms with Crippen molar-refractivity contribution >= 4 is 28.4 Å². The van der Waals surface area contributed by atoms with E-state index >= 15 is 0 Å². The van der Waals surface area contributed by atoms with Crippen molar-refractivity contribution in [3.63, 3.8) is 0 Å². The van der Waals surface area contributed by atoms with Gasteiger partial charge in [-0.05, 0) is 64.6 Å². The van der Waals surface area contributed by atoms with Crippen LogP contribution in [0, 0.1) is 6.92 Å². The first-order valence-electron chi connectivity index (χ1n) is 13.2. The van der Waals surface area contributed by atoms with Gasteiger partial charge in [0.2, 0.25) is 5.95 Å². The molecule has 1 fully saturated rings. The number of likely N-dealkylation sites (N-methyl/N-ethyl adjacent to an activating group) is 1. The lowest BCUT2D eigenvalue weighted by Crippen LogP contribution is -2.44.